The monoisotopic (exact) mass is 517 g/mol. The van der Waals surface area contributed by atoms with E-state index in [9.17, 15) is 14.4 Å². The fourth-order valence-electron chi connectivity index (χ4n) is 4.89. The third-order valence-electron chi connectivity index (χ3n) is 6.68. The lowest BCUT2D eigenvalue weighted by molar-refractivity contribution is -0.139. The van der Waals surface area contributed by atoms with E-state index in [2.05, 4.69) is 15.5 Å². The van der Waals surface area contributed by atoms with Crippen LogP contribution in [0.25, 0.3) is 0 Å². The number of hydrogen-bond acceptors (Lipinski definition) is 7. The lowest BCUT2D eigenvalue weighted by Crippen LogP contribution is -2.58. The molecule has 2 atom stereocenters. The minimum absolute atomic E-state index is 0.0306. The number of likely N-dealkylation sites (N-methyl/N-ethyl adjacent to an activating group) is 1. The second-order valence-corrected chi connectivity index (χ2v) is 8.93. The molecular formula is C26H39N5O6. The Hall–Kier alpha value is -3.47. The molecule has 0 unspecified atom stereocenters. The quantitative estimate of drug-likeness (QED) is 0.484. The highest BCUT2D eigenvalue weighted by Gasteiger charge is 2.40. The lowest BCUT2D eigenvalue weighted by Gasteiger charge is -2.42. The van der Waals surface area contributed by atoms with Crippen molar-refractivity contribution < 1.29 is 28.6 Å². The molecule has 0 spiro atoms. The summed E-state index contributed by atoms with van der Waals surface area (Å²) in [5.74, 6) is 0.589. The first kappa shape index (κ1) is 28.1. The summed E-state index contributed by atoms with van der Waals surface area (Å²) in [6.45, 7) is 10.8. The molecule has 0 aromatic heterocycles. The Balaban J connectivity index is 2.03. The molecule has 1 aromatic rings. The smallest absolute Gasteiger partial charge is 0.338 e. The Bertz CT molecular complexity index is 1030. The molecule has 11 heteroatoms. The van der Waals surface area contributed by atoms with Crippen LogP contribution < -0.4 is 20.1 Å². The van der Waals surface area contributed by atoms with Crippen molar-refractivity contribution in [1.29, 1.82) is 0 Å². The fourth-order valence-corrected chi connectivity index (χ4v) is 4.89. The topological polar surface area (TPSA) is 113 Å². The molecule has 0 aliphatic carbocycles. The number of rotatable bonds is 9. The minimum atomic E-state index is -0.765. The minimum Gasteiger partial charge on any atom is -0.497 e. The van der Waals surface area contributed by atoms with E-state index in [1.54, 1.807) is 37.1 Å². The van der Waals surface area contributed by atoms with Crippen LogP contribution in [0.4, 0.5) is 9.59 Å². The van der Waals surface area contributed by atoms with Gasteiger partial charge in [-0.1, -0.05) is 0 Å². The van der Waals surface area contributed by atoms with Gasteiger partial charge in [-0.15, -0.1) is 0 Å². The van der Waals surface area contributed by atoms with Crippen LogP contribution in [0, 0.1) is 0 Å². The number of methoxy groups -OCH3 is 2. The largest absolute Gasteiger partial charge is 0.497 e. The number of carbonyl (C=O) groups excluding carboxylic acids is 3. The number of amides is 4. The number of nitrogens with zero attached hydrogens (tertiary/aromatic N) is 3. The molecule has 3 rings (SSSR count). The van der Waals surface area contributed by atoms with E-state index in [0.717, 1.165) is 0 Å². The average molecular weight is 518 g/mol. The van der Waals surface area contributed by atoms with Crippen molar-refractivity contribution in [3.63, 3.8) is 0 Å². The summed E-state index contributed by atoms with van der Waals surface area (Å²) in [4.78, 5) is 44.6. The van der Waals surface area contributed by atoms with Crippen LogP contribution in [0.3, 0.4) is 0 Å². The average Bonchev–Trinajstić information content (AvgIpc) is 2.88. The van der Waals surface area contributed by atoms with Gasteiger partial charge in [0.1, 0.15) is 11.5 Å². The van der Waals surface area contributed by atoms with Gasteiger partial charge < -0.3 is 29.7 Å². The maximum atomic E-state index is 13.4. The van der Waals surface area contributed by atoms with Gasteiger partial charge in [-0.25, -0.2) is 14.4 Å². The number of esters is 1. The SMILES string of the molecule is CCNC(=O)N1CCN(CC2=C(C(=O)OCC)[C@H](c3ccc(OC)cc3OC)NC(=O)N2CC)C[C@@H]1C. The number of nitrogens with one attached hydrogen (secondary N) is 2. The summed E-state index contributed by atoms with van der Waals surface area (Å²) in [6, 6.07) is 4.09. The molecule has 1 fully saturated rings. The van der Waals surface area contributed by atoms with Gasteiger partial charge in [-0.05, 0) is 39.8 Å². The highest BCUT2D eigenvalue weighted by atomic mass is 16.5. The van der Waals surface area contributed by atoms with Crippen LogP contribution in [0.15, 0.2) is 29.5 Å². The van der Waals surface area contributed by atoms with Gasteiger partial charge in [0.25, 0.3) is 0 Å². The van der Waals surface area contributed by atoms with E-state index in [1.807, 2.05) is 25.7 Å². The second kappa shape index (κ2) is 12.7. The van der Waals surface area contributed by atoms with Crippen LogP contribution in [-0.2, 0) is 9.53 Å². The first-order valence-corrected chi connectivity index (χ1v) is 12.8. The van der Waals surface area contributed by atoms with Gasteiger partial charge in [0.15, 0.2) is 0 Å². The number of carbonyl (C=O) groups is 3. The normalized spacial score (nSPS) is 20.4. The maximum Gasteiger partial charge on any atom is 0.338 e. The zero-order valence-corrected chi connectivity index (χ0v) is 22.6. The molecule has 4 amide bonds. The first-order chi connectivity index (χ1) is 17.8. The molecule has 0 bridgehead atoms. The molecule has 0 radical (unpaired) electrons. The van der Waals surface area contributed by atoms with Crippen molar-refractivity contribution in [1.82, 2.24) is 25.3 Å². The Morgan fingerprint density at radius 2 is 1.89 bits per heavy atom. The zero-order valence-electron chi connectivity index (χ0n) is 22.6. The summed E-state index contributed by atoms with van der Waals surface area (Å²) in [6.07, 6.45) is 0. The summed E-state index contributed by atoms with van der Waals surface area (Å²) < 4.78 is 16.4. The first-order valence-electron chi connectivity index (χ1n) is 12.8. The number of urea groups is 2. The zero-order chi connectivity index (χ0) is 27.1. The predicted octanol–water partition coefficient (Wildman–Crippen LogP) is 2.34. The van der Waals surface area contributed by atoms with Crippen LogP contribution in [0.1, 0.15) is 39.3 Å². The molecule has 2 heterocycles. The van der Waals surface area contributed by atoms with E-state index in [1.165, 1.54) is 7.11 Å². The van der Waals surface area contributed by atoms with Crippen molar-refractivity contribution >= 4 is 18.0 Å². The van der Waals surface area contributed by atoms with E-state index < -0.39 is 12.0 Å². The summed E-state index contributed by atoms with van der Waals surface area (Å²) in [5.41, 5.74) is 1.58. The van der Waals surface area contributed by atoms with E-state index in [4.69, 9.17) is 14.2 Å². The lowest BCUT2D eigenvalue weighted by atomic mass is 9.93. The molecular weight excluding hydrogens is 478 g/mol. The van der Waals surface area contributed by atoms with Crippen molar-refractivity contribution in [2.45, 2.75) is 39.8 Å². The standard InChI is InChI=1S/C26H39N5O6/c1-7-27-25(33)31-13-12-29(15-17(31)4)16-20-22(24(32)37-9-3)23(28-26(34)30(20)8-2)19-11-10-18(35-5)14-21(19)36-6/h10-11,14,17,23H,7-9,12-13,15-16H2,1-6H3,(H,27,33)(H,28,34)/t17-,23-/m0/s1. The summed E-state index contributed by atoms with van der Waals surface area (Å²) in [7, 11) is 3.09. The Kier molecular flexibility index (Phi) is 9.62. The second-order valence-electron chi connectivity index (χ2n) is 8.93. The molecule has 37 heavy (non-hydrogen) atoms. The van der Waals surface area contributed by atoms with Crippen LogP contribution in [0.5, 0.6) is 11.5 Å². The van der Waals surface area contributed by atoms with Crippen molar-refractivity contribution in [3.05, 3.63) is 35.0 Å². The molecule has 2 aliphatic rings. The number of hydrogen-bond donors (Lipinski definition) is 2. The molecule has 2 N–H and O–H groups in total. The highest BCUT2D eigenvalue weighted by Crippen LogP contribution is 2.38. The van der Waals surface area contributed by atoms with Crippen molar-refractivity contribution in [2.75, 3.05) is 60.1 Å². The number of piperazine rings is 1. The van der Waals surface area contributed by atoms with Gasteiger partial charge in [-0.3, -0.25) is 9.80 Å². The van der Waals surface area contributed by atoms with E-state index in [0.29, 0.717) is 67.6 Å². The molecule has 11 nitrogen and oxygen atoms in total. The van der Waals surface area contributed by atoms with E-state index in [-0.39, 0.29) is 24.7 Å². The molecule has 2 aliphatic heterocycles. The third-order valence-corrected chi connectivity index (χ3v) is 6.68. The number of benzene rings is 1. The Morgan fingerprint density at radius 1 is 1.14 bits per heavy atom. The van der Waals surface area contributed by atoms with Gasteiger partial charge in [-0.2, -0.15) is 0 Å². The van der Waals surface area contributed by atoms with Gasteiger partial charge in [0.05, 0.1) is 32.4 Å². The Labute approximate surface area is 218 Å². The van der Waals surface area contributed by atoms with Crippen LogP contribution in [-0.4, -0.2) is 98.9 Å². The molecule has 204 valence electrons. The Morgan fingerprint density at radius 3 is 2.49 bits per heavy atom. The van der Waals surface area contributed by atoms with Gasteiger partial charge in [0.2, 0.25) is 0 Å². The molecule has 0 saturated carbocycles. The molecule has 1 saturated heterocycles. The van der Waals surface area contributed by atoms with Crippen molar-refractivity contribution in [3.8, 4) is 11.5 Å². The van der Waals surface area contributed by atoms with Crippen LogP contribution in [0.2, 0.25) is 0 Å². The summed E-state index contributed by atoms with van der Waals surface area (Å²) >= 11 is 0. The summed E-state index contributed by atoms with van der Waals surface area (Å²) in [5, 5.41) is 5.83. The predicted molar refractivity (Wildman–Crippen MR) is 139 cm³/mol. The van der Waals surface area contributed by atoms with Gasteiger partial charge in [0, 0.05) is 62.6 Å². The van der Waals surface area contributed by atoms with Crippen molar-refractivity contribution in [2.24, 2.45) is 0 Å². The fraction of sp³-hybridized carbons (Fsp3) is 0.577. The highest BCUT2D eigenvalue weighted by molar-refractivity contribution is 5.95. The van der Waals surface area contributed by atoms with Gasteiger partial charge >= 0.3 is 18.0 Å². The number of ether oxygens (including phenoxy) is 3. The third kappa shape index (κ3) is 6.10. The van der Waals surface area contributed by atoms with Crippen LogP contribution >= 0.6 is 0 Å². The van der Waals surface area contributed by atoms with E-state index >= 15 is 0 Å². The molecule has 1 aromatic carbocycles. The maximum absolute atomic E-state index is 13.4.